The van der Waals surface area contributed by atoms with Crippen molar-refractivity contribution in [3.8, 4) is 0 Å². The van der Waals surface area contributed by atoms with E-state index in [1.54, 1.807) is 6.07 Å². The molecule has 0 aromatic carbocycles. The molecule has 98 valence electrons. The van der Waals surface area contributed by atoms with E-state index in [1.165, 1.54) is 11.3 Å². The lowest BCUT2D eigenvalue weighted by Crippen LogP contribution is -2.42. The summed E-state index contributed by atoms with van der Waals surface area (Å²) in [5.74, 6) is -1.04. The Hall–Kier alpha value is -1.07. The van der Waals surface area contributed by atoms with Crippen molar-refractivity contribution in [2.45, 2.75) is 31.7 Å². The fourth-order valence-electron chi connectivity index (χ4n) is 1.78. The van der Waals surface area contributed by atoms with Crippen molar-refractivity contribution < 1.29 is 14.7 Å². The standard InChI is InChI=1S/C12H14ClNO3S/c13-9-5-3-8(18-9)4-6-10(15)14-11(12(16)17)7-1-2-7/h3,5,7,11H,1-2,4,6H2,(H,14,15)(H,16,17). The van der Waals surface area contributed by atoms with Crippen molar-refractivity contribution in [1.29, 1.82) is 0 Å². The topological polar surface area (TPSA) is 66.4 Å². The maximum Gasteiger partial charge on any atom is 0.326 e. The van der Waals surface area contributed by atoms with E-state index in [9.17, 15) is 9.59 Å². The first-order valence-corrected chi connectivity index (χ1v) is 7.02. The summed E-state index contributed by atoms with van der Waals surface area (Å²) in [5, 5.41) is 11.6. The molecule has 1 fully saturated rings. The third-order valence-electron chi connectivity index (χ3n) is 2.90. The number of aliphatic carboxylic acids is 1. The Labute approximate surface area is 114 Å². The quantitative estimate of drug-likeness (QED) is 0.844. The van der Waals surface area contributed by atoms with Gasteiger partial charge >= 0.3 is 5.97 Å². The van der Waals surface area contributed by atoms with Gasteiger partial charge in [0.25, 0.3) is 0 Å². The summed E-state index contributed by atoms with van der Waals surface area (Å²) in [6.07, 6.45) is 2.67. The van der Waals surface area contributed by atoms with E-state index in [4.69, 9.17) is 16.7 Å². The van der Waals surface area contributed by atoms with Crippen LogP contribution in [-0.2, 0) is 16.0 Å². The average molecular weight is 288 g/mol. The number of rotatable bonds is 6. The first-order chi connectivity index (χ1) is 8.56. The highest BCUT2D eigenvalue weighted by Crippen LogP contribution is 2.32. The largest absolute Gasteiger partial charge is 0.480 e. The van der Waals surface area contributed by atoms with Gasteiger partial charge in [-0.25, -0.2) is 4.79 Å². The molecule has 1 aromatic heterocycles. The molecule has 0 bridgehead atoms. The fourth-order valence-corrected chi connectivity index (χ4v) is 2.87. The van der Waals surface area contributed by atoms with Crippen molar-refractivity contribution >= 4 is 34.8 Å². The molecular weight excluding hydrogens is 274 g/mol. The first kappa shape index (κ1) is 13.4. The molecule has 2 N–H and O–H groups in total. The molecule has 6 heteroatoms. The number of hydrogen-bond donors (Lipinski definition) is 2. The van der Waals surface area contributed by atoms with Crippen LogP contribution in [0.4, 0.5) is 0 Å². The molecule has 1 aliphatic rings. The number of aryl methyl sites for hydroxylation is 1. The molecule has 0 aliphatic heterocycles. The monoisotopic (exact) mass is 287 g/mol. The second kappa shape index (κ2) is 5.71. The van der Waals surface area contributed by atoms with Crippen molar-refractivity contribution in [2.75, 3.05) is 0 Å². The zero-order valence-corrected chi connectivity index (χ0v) is 11.3. The second-order valence-electron chi connectivity index (χ2n) is 4.43. The highest BCUT2D eigenvalue weighted by atomic mass is 35.5. The molecule has 1 saturated carbocycles. The number of thiophene rings is 1. The van der Waals surface area contributed by atoms with Gasteiger partial charge in [0.1, 0.15) is 6.04 Å². The summed E-state index contributed by atoms with van der Waals surface area (Å²) >= 11 is 7.23. The minimum atomic E-state index is -0.940. The van der Waals surface area contributed by atoms with Crippen molar-refractivity contribution in [2.24, 2.45) is 5.92 Å². The van der Waals surface area contributed by atoms with E-state index < -0.39 is 12.0 Å². The molecule has 18 heavy (non-hydrogen) atoms. The minimum absolute atomic E-state index is 0.114. The van der Waals surface area contributed by atoms with Gasteiger partial charge in [-0.3, -0.25) is 4.79 Å². The van der Waals surface area contributed by atoms with Gasteiger partial charge in [0, 0.05) is 11.3 Å². The predicted molar refractivity (Wildman–Crippen MR) is 69.9 cm³/mol. The van der Waals surface area contributed by atoms with Gasteiger partial charge in [-0.15, -0.1) is 11.3 Å². The van der Waals surface area contributed by atoms with Gasteiger partial charge in [0.05, 0.1) is 4.34 Å². The fraction of sp³-hybridized carbons (Fsp3) is 0.500. The Morgan fingerprint density at radius 2 is 2.22 bits per heavy atom. The van der Waals surface area contributed by atoms with E-state index in [2.05, 4.69) is 5.32 Å². The number of carbonyl (C=O) groups is 2. The predicted octanol–water partition coefficient (Wildman–Crippen LogP) is 2.31. The van der Waals surface area contributed by atoms with Crippen LogP contribution in [-0.4, -0.2) is 23.0 Å². The highest BCUT2D eigenvalue weighted by Gasteiger charge is 2.37. The molecule has 0 radical (unpaired) electrons. The van der Waals surface area contributed by atoms with Crippen molar-refractivity contribution in [1.82, 2.24) is 5.32 Å². The van der Waals surface area contributed by atoms with Gasteiger partial charge in [0.15, 0.2) is 0 Å². The smallest absolute Gasteiger partial charge is 0.326 e. The summed E-state index contributed by atoms with van der Waals surface area (Å²) in [4.78, 5) is 23.7. The summed E-state index contributed by atoms with van der Waals surface area (Å²) < 4.78 is 0.701. The maximum atomic E-state index is 11.7. The number of carbonyl (C=O) groups excluding carboxylic acids is 1. The molecule has 0 spiro atoms. The van der Waals surface area contributed by atoms with Gasteiger partial charge in [-0.1, -0.05) is 11.6 Å². The normalized spacial score (nSPS) is 16.3. The van der Waals surface area contributed by atoms with Gasteiger partial charge < -0.3 is 10.4 Å². The molecule has 1 unspecified atom stereocenters. The molecule has 4 nitrogen and oxygen atoms in total. The zero-order valence-electron chi connectivity index (χ0n) is 9.69. The molecule has 2 rings (SSSR count). The van der Waals surface area contributed by atoms with Crippen LogP contribution in [0.15, 0.2) is 12.1 Å². The SMILES string of the molecule is O=C(CCc1ccc(Cl)s1)NC(C(=O)O)C1CC1. The summed E-state index contributed by atoms with van der Waals surface area (Å²) in [5.41, 5.74) is 0. The summed E-state index contributed by atoms with van der Waals surface area (Å²) in [6.45, 7) is 0. The molecule has 1 atom stereocenters. The van der Waals surface area contributed by atoms with E-state index >= 15 is 0 Å². The molecule has 1 aliphatic carbocycles. The Morgan fingerprint density at radius 3 is 2.72 bits per heavy atom. The van der Waals surface area contributed by atoms with Crippen LogP contribution in [0.25, 0.3) is 0 Å². The van der Waals surface area contributed by atoms with Crippen LogP contribution in [0.3, 0.4) is 0 Å². The van der Waals surface area contributed by atoms with Crippen LogP contribution in [0.1, 0.15) is 24.1 Å². The molecule has 1 amide bonds. The van der Waals surface area contributed by atoms with E-state index in [0.29, 0.717) is 17.2 Å². The number of hydrogen-bond acceptors (Lipinski definition) is 3. The zero-order chi connectivity index (χ0) is 13.1. The summed E-state index contributed by atoms with van der Waals surface area (Å²) in [7, 11) is 0. The van der Waals surface area contributed by atoms with Crippen molar-refractivity contribution in [3.05, 3.63) is 21.3 Å². The Kier molecular flexibility index (Phi) is 4.24. The number of amides is 1. The van der Waals surface area contributed by atoms with E-state index in [1.807, 2.05) is 6.07 Å². The maximum absolute atomic E-state index is 11.7. The Bertz CT molecular complexity index is 456. The molecule has 0 saturated heterocycles. The van der Waals surface area contributed by atoms with Gasteiger partial charge in [-0.05, 0) is 37.3 Å². The first-order valence-electron chi connectivity index (χ1n) is 5.82. The van der Waals surface area contributed by atoms with Crippen LogP contribution in [0.2, 0.25) is 4.34 Å². The van der Waals surface area contributed by atoms with Gasteiger partial charge in [-0.2, -0.15) is 0 Å². The molecule has 1 heterocycles. The third-order valence-corrected chi connectivity index (χ3v) is 4.19. The lowest BCUT2D eigenvalue weighted by molar-refractivity contribution is -0.142. The number of halogens is 1. The van der Waals surface area contributed by atoms with Crippen LogP contribution in [0.5, 0.6) is 0 Å². The van der Waals surface area contributed by atoms with Crippen LogP contribution < -0.4 is 5.32 Å². The number of nitrogens with one attached hydrogen (secondary N) is 1. The van der Waals surface area contributed by atoms with E-state index in [0.717, 1.165) is 17.7 Å². The van der Waals surface area contributed by atoms with Gasteiger partial charge in [0.2, 0.25) is 5.91 Å². The number of carboxylic acid groups (broad SMARTS) is 1. The lowest BCUT2D eigenvalue weighted by Gasteiger charge is -2.13. The minimum Gasteiger partial charge on any atom is -0.480 e. The Balaban J connectivity index is 1.79. The second-order valence-corrected chi connectivity index (χ2v) is 6.23. The highest BCUT2D eigenvalue weighted by molar-refractivity contribution is 7.16. The van der Waals surface area contributed by atoms with Crippen LogP contribution >= 0.6 is 22.9 Å². The summed E-state index contributed by atoms with van der Waals surface area (Å²) in [6, 6.07) is 2.96. The molecule has 1 aromatic rings. The Morgan fingerprint density at radius 1 is 1.50 bits per heavy atom. The molecular formula is C12H14ClNO3S. The average Bonchev–Trinajstić information content (AvgIpc) is 3.06. The third kappa shape index (κ3) is 3.71. The lowest BCUT2D eigenvalue weighted by atomic mass is 10.1. The van der Waals surface area contributed by atoms with Crippen molar-refractivity contribution in [3.63, 3.8) is 0 Å². The number of carboxylic acids is 1. The van der Waals surface area contributed by atoms with Crippen LogP contribution in [0, 0.1) is 5.92 Å². The van der Waals surface area contributed by atoms with E-state index in [-0.39, 0.29) is 11.8 Å².